The summed E-state index contributed by atoms with van der Waals surface area (Å²) in [5.41, 5.74) is 0. The van der Waals surface area contributed by atoms with Crippen molar-refractivity contribution in [2.24, 2.45) is 0 Å². The number of urea groups is 1. The third-order valence-corrected chi connectivity index (χ3v) is 6.06. The summed E-state index contributed by atoms with van der Waals surface area (Å²) in [6.45, 7) is 1.84. The van der Waals surface area contributed by atoms with E-state index in [4.69, 9.17) is 11.6 Å². The molecule has 0 bridgehead atoms. The summed E-state index contributed by atoms with van der Waals surface area (Å²) in [6, 6.07) is -0.692. The first-order chi connectivity index (χ1) is 8.42. The Hall–Kier alpha value is -0.470. The molecular formula is C9H15ClN2O4S2. The van der Waals surface area contributed by atoms with Crippen molar-refractivity contribution < 1.29 is 18.0 Å². The molecule has 1 aliphatic heterocycles. The van der Waals surface area contributed by atoms with Crippen molar-refractivity contribution in [2.75, 3.05) is 29.7 Å². The van der Waals surface area contributed by atoms with Gasteiger partial charge in [0.05, 0.1) is 0 Å². The van der Waals surface area contributed by atoms with Crippen LogP contribution in [0.25, 0.3) is 0 Å². The lowest BCUT2D eigenvalue weighted by atomic mass is 10.5. The maximum absolute atomic E-state index is 11.9. The second kappa shape index (κ2) is 6.63. The van der Waals surface area contributed by atoms with Crippen molar-refractivity contribution in [1.82, 2.24) is 10.2 Å². The van der Waals surface area contributed by atoms with Gasteiger partial charge in [-0.25, -0.2) is 13.2 Å². The standard InChI is InChI=1S/C9H15ClN2O4S2/c1-2-18(15,16)8-6-17-4-3-12(8)9(14)11-7(13)5-10/h8H,2-6H2,1H3,(H,11,13,14). The number of nitrogens with zero attached hydrogens (tertiary/aromatic N) is 1. The molecule has 1 aliphatic rings. The van der Waals surface area contributed by atoms with E-state index in [0.717, 1.165) is 0 Å². The second-order valence-corrected chi connectivity index (χ2v) is 7.53. The summed E-state index contributed by atoms with van der Waals surface area (Å²) in [7, 11) is -3.36. The number of alkyl halides is 1. The van der Waals surface area contributed by atoms with Crippen LogP contribution in [0.4, 0.5) is 4.79 Å². The quantitative estimate of drug-likeness (QED) is 0.756. The molecule has 0 aliphatic carbocycles. The van der Waals surface area contributed by atoms with Crippen LogP contribution in [0.3, 0.4) is 0 Å². The highest BCUT2D eigenvalue weighted by Crippen LogP contribution is 2.21. The zero-order chi connectivity index (χ0) is 13.8. The average molecular weight is 315 g/mol. The zero-order valence-electron chi connectivity index (χ0n) is 9.89. The lowest BCUT2D eigenvalue weighted by Crippen LogP contribution is -2.55. The average Bonchev–Trinajstić information content (AvgIpc) is 2.38. The van der Waals surface area contributed by atoms with Gasteiger partial charge >= 0.3 is 6.03 Å². The Bertz CT molecular complexity index is 426. The predicted molar refractivity (Wildman–Crippen MR) is 71.5 cm³/mol. The predicted octanol–water partition coefficient (Wildman–Crippen LogP) is 0.271. The summed E-state index contributed by atoms with van der Waals surface area (Å²) in [6.07, 6.45) is 0. The lowest BCUT2D eigenvalue weighted by Gasteiger charge is -2.34. The molecule has 18 heavy (non-hydrogen) atoms. The molecule has 6 nitrogen and oxygen atoms in total. The molecule has 104 valence electrons. The third kappa shape index (κ3) is 3.76. The Labute approximate surface area is 115 Å². The molecule has 0 aromatic heterocycles. The van der Waals surface area contributed by atoms with Crippen LogP contribution in [0, 0.1) is 0 Å². The molecule has 1 unspecified atom stereocenters. The third-order valence-electron chi connectivity index (χ3n) is 2.53. The van der Waals surface area contributed by atoms with Crippen molar-refractivity contribution >= 4 is 45.1 Å². The summed E-state index contributed by atoms with van der Waals surface area (Å²) in [5.74, 6) is -0.0189. The first-order valence-corrected chi connectivity index (χ1v) is 8.78. The lowest BCUT2D eigenvalue weighted by molar-refractivity contribution is -0.117. The number of sulfone groups is 1. The van der Waals surface area contributed by atoms with Gasteiger partial charge in [-0.2, -0.15) is 11.8 Å². The molecule has 3 amide bonds. The summed E-state index contributed by atoms with van der Waals surface area (Å²) < 4.78 is 23.8. The molecule has 0 spiro atoms. The number of thioether (sulfide) groups is 1. The molecule has 1 fully saturated rings. The number of rotatable bonds is 3. The topological polar surface area (TPSA) is 83.6 Å². The fraction of sp³-hybridized carbons (Fsp3) is 0.778. The number of hydrogen-bond acceptors (Lipinski definition) is 5. The first kappa shape index (κ1) is 15.6. The van der Waals surface area contributed by atoms with E-state index < -0.39 is 27.1 Å². The molecular weight excluding hydrogens is 300 g/mol. The van der Waals surface area contributed by atoms with Gasteiger partial charge in [0.1, 0.15) is 11.3 Å². The Balaban J connectivity index is 2.83. The summed E-state index contributed by atoms with van der Waals surface area (Å²) in [5, 5.41) is 1.20. The molecule has 0 aromatic rings. The highest BCUT2D eigenvalue weighted by Gasteiger charge is 2.36. The van der Waals surface area contributed by atoms with Crippen LogP contribution in [0.5, 0.6) is 0 Å². The Kier molecular flexibility index (Phi) is 5.74. The van der Waals surface area contributed by atoms with Gasteiger partial charge < -0.3 is 4.90 Å². The first-order valence-electron chi connectivity index (χ1n) is 5.38. The highest BCUT2D eigenvalue weighted by molar-refractivity contribution is 8.01. The van der Waals surface area contributed by atoms with Gasteiger partial charge in [-0.3, -0.25) is 10.1 Å². The number of imide groups is 1. The SMILES string of the molecule is CCS(=O)(=O)C1CSCCN1C(=O)NC(=O)CCl. The van der Waals surface area contributed by atoms with Crippen molar-refractivity contribution in [3.8, 4) is 0 Å². The largest absolute Gasteiger partial charge is 0.325 e. The van der Waals surface area contributed by atoms with E-state index in [0.29, 0.717) is 18.1 Å². The van der Waals surface area contributed by atoms with E-state index in [1.165, 1.54) is 23.6 Å². The smallest absolute Gasteiger partial charge is 0.306 e. The van der Waals surface area contributed by atoms with Gasteiger partial charge in [0.2, 0.25) is 5.91 Å². The van der Waals surface area contributed by atoms with Gasteiger partial charge in [-0.05, 0) is 0 Å². The number of carbonyl (C=O) groups is 2. The fourth-order valence-electron chi connectivity index (χ4n) is 1.53. The fourth-order valence-corrected chi connectivity index (χ4v) is 4.56. The maximum atomic E-state index is 11.9. The summed E-state index contributed by atoms with van der Waals surface area (Å²) >= 11 is 6.76. The van der Waals surface area contributed by atoms with E-state index in [1.807, 2.05) is 0 Å². The molecule has 1 saturated heterocycles. The van der Waals surface area contributed by atoms with E-state index in [2.05, 4.69) is 5.32 Å². The van der Waals surface area contributed by atoms with Gasteiger partial charge in [0, 0.05) is 23.8 Å². The van der Waals surface area contributed by atoms with Gasteiger partial charge in [-0.15, -0.1) is 11.6 Å². The Morgan fingerprint density at radius 3 is 2.72 bits per heavy atom. The van der Waals surface area contributed by atoms with Crippen LogP contribution < -0.4 is 5.32 Å². The van der Waals surface area contributed by atoms with Gasteiger partial charge in [0.15, 0.2) is 9.84 Å². The van der Waals surface area contributed by atoms with Crippen LogP contribution in [-0.2, 0) is 14.6 Å². The minimum absolute atomic E-state index is 0.0363. The van der Waals surface area contributed by atoms with Gasteiger partial charge in [0.25, 0.3) is 0 Å². The number of carbonyl (C=O) groups excluding carboxylic acids is 2. The number of halogens is 1. The maximum Gasteiger partial charge on any atom is 0.325 e. The second-order valence-electron chi connectivity index (χ2n) is 3.66. The van der Waals surface area contributed by atoms with E-state index in [1.54, 1.807) is 0 Å². The summed E-state index contributed by atoms with van der Waals surface area (Å²) in [4.78, 5) is 24.0. The number of nitrogens with one attached hydrogen (secondary N) is 1. The van der Waals surface area contributed by atoms with E-state index in [9.17, 15) is 18.0 Å². The highest BCUT2D eigenvalue weighted by atomic mass is 35.5. The zero-order valence-corrected chi connectivity index (χ0v) is 12.3. The van der Waals surface area contributed by atoms with Crippen molar-refractivity contribution in [3.05, 3.63) is 0 Å². The van der Waals surface area contributed by atoms with Crippen molar-refractivity contribution in [1.29, 1.82) is 0 Å². The molecule has 1 rings (SSSR count). The van der Waals surface area contributed by atoms with Gasteiger partial charge in [-0.1, -0.05) is 6.92 Å². The van der Waals surface area contributed by atoms with Crippen LogP contribution in [0.15, 0.2) is 0 Å². The monoisotopic (exact) mass is 314 g/mol. The number of hydrogen-bond donors (Lipinski definition) is 1. The minimum Gasteiger partial charge on any atom is -0.306 e. The van der Waals surface area contributed by atoms with E-state index >= 15 is 0 Å². The molecule has 0 radical (unpaired) electrons. The van der Waals surface area contributed by atoms with Crippen LogP contribution >= 0.6 is 23.4 Å². The van der Waals surface area contributed by atoms with Crippen molar-refractivity contribution in [3.63, 3.8) is 0 Å². The van der Waals surface area contributed by atoms with Crippen LogP contribution in [0.1, 0.15) is 6.92 Å². The minimum atomic E-state index is -3.36. The van der Waals surface area contributed by atoms with Crippen molar-refractivity contribution in [2.45, 2.75) is 12.3 Å². The van der Waals surface area contributed by atoms with Crippen LogP contribution in [0.2, 0.25) is 0 Å². The molecule has 9 heteroatoms. The number of amides is 3. The normalized spacial score (nSPS) is 20.6. The molecule has 1 atom stereocenters. The Morgan fingerprint density at radius 2 is 2.17 bits per heavy atom. The Morgan fingerprint density at radius 1 is 1.50 bits per heavy atom. The molecule has 0 saturated carbocycles. The molecule has 1 N–H and O–H groups in total. The van der Waals surface area contributed by atoms with Crippen LogP contribution in [-0.4, -0.2) is 60.3 Å². The van der Waals surface area contributed by atoms with E-state index in [-0.39, 0.29) is 11.6 Å². The molecule has 1 heterocycles. The molecule has 0 aromatic carbocycles.